The summed E-state index contributed by atoms with van der Waals surface area (Å²) in [6, 6.07) is 0. The standard InChI is InChI=1S/C28H57O5P/c1-4-7-9-11-12-15-20-25(27(30)26(29)18-6-3)24(19-14-10-8-5-2)23-28(33-34(31)32)21-16-13-17-22-28/h24-27,29-32H,4-23H2,1-3H3. The molecule has 0 spiro atoms. The van der Waals surface area contributed by atoms with Crippen LogP contribution in [0.2, 0.25) is 0 Å². The molecule has 1 saturated carbocycles. The van der Waals surface area contributed by atoms with Crippen molar-refractivity contribution in [1.29, 1.82) is 0 Å². The third-order valence-corrected chi connectivity index (χ3v) is 8.57. The van der Waals surface area contributed by atoms with Gasteiger partial charge in [0, 0.05) is 0 Å². The van der Waals surface area contributed by atoms with E-state index < -0.39 is 26.4 Å². The molecule has 0 aromatic rings. The van der Waals surface area contributed by atoms with E-state index in [9.17, 15) is 20.0 Å². The van der Waals surface area contributed by atoms with Crippen LogP contribution in [0.15, 0.2) is 0 Å². The molecule has 1 rings (SSSR count). The first kappa shape index (κ1) is 32.3. The fourth-order valence-electron chi connectivity index (χ4n) is 6.08. The van der Waals surface area contributed by atoms with E-state index in [2.05, 4.69) is 20.8 Å². The van der Waals surface area contributed by atoms with Gasteiger partial charge in [-0.15, -0.1) is 0 Å². The molecule has 4 unspecified atom stereocenters. The summed E-state index contributed by atoms with van der Waals surface area (Å²) >= 11 is 0. The van der Waals surface area contributed by atoms with Crippen LogP contribution in [-0.2, 0) is 4.52 Å². The van der Waals surface area contributed by atoms with Crippen molar-refractivity contribution in [2.45, 2.75) is 167 Å². The molecule has 1 fully saturated rings. The molecule has 34 heavy (non-hydrogen) atoms. The van der Waals surface area contributed by atoms with Crippen LogP contribution >= 0.6 is 8.60 Å². The van der Waals surface area contributed by atoms with Gasteiger partial charge in [-0.25, -0.2) is 0 Å². The second-order valence-corrected chi connectivity index (χ2v) is 11.7. The Balaban J connectivity index is 3.03. The summed E-state index contributed by atoms with van der Waals surface area (Å²) in [7, 11) is -2.41. The predicted octanol–water partition coefficient (Wildman–Crippen LogP) is 7.78. The van der Waals surface area contributed by atoms with E-state index in [1.165, 1.54) is 57.8 Å². The third kappa shape index (κ3) is 13.0. The van der Waals surface area contributed by atoms with Crippen LogP contribution in [0, 0.1) is 11.8 Å². The number of unbranched alkanes of at least 4 members (excludes halogenated alkanes) is 8. The molecule has 1 aliphatic carbocycles. The third-order valence-electron chi connectivity index (χ3n) is 8.02. The number of hydrogen-bond donors (Lipinski definition) is 4. The lowest BCUT2D eigenvalue weighted by Gasteiger charge is -2.43. The molecule has 204 valence electrons. The molecule has 0 aromatic carbocycles. The Bertz CT molecular complexity index is 470. The zero-order valence-electron chi connectivity index (χ0n) is 22.6. The number of rotatable bonds is 21. The van der Waals surface area contributed by atoms with Gasteiger partial charge in [0.1, 0.15) is 0 Å². The zero-order chi connectivity index (χ0) is 25.2. The highest BCUT2D eigenvalue weighted by molar-refractivity contribution is 7.39. The molecule has 0 aromatic heterocycles. The predicted molar refractivity (Wildman–Crippen MR) is 144 cm³/mol. The summed E-state index contributed by atoms with van der Waals surface area (Å²) in [5.74, 6) is 0.252. The average molecular weight is 505 g/mol. The van der Waals surface area contributed by atoms with Crippen LogP contribution in [0.1, 0.15) is 149 Å². The van der Waals surface area contributed by atoms with Crippen molar-refractivity contribution in [2.75, 3.05) is 0 Å². The number of aliphatic hydroxyl groups excluding tert-OH is 2. The summed E-state index contributed by atoms with van der Waals surface area (Å²) in [6.45, 7) is 6.51. The second-order valence-electron chi connectivity index (χ2n) is 11.0. The first-order valence-electron chi connectivity index (χ1n) is 14.6. The molecular formula is C28H57O5P. The van der Waals surface area contributed by atoms with Crippen LogP contribution in [0.4, 0.5) is 0 Å². The second kappa shape index (κ2) is 19.4. The maximum absolute atomic E-state index is 11.3. The Labute approximate surface area is 212 Å². The normalized spacial score (nSPS) is 19.8. The van der Waals surface area contributed by atoms with Crippen molar-refractivity contribution in [2.24, 2.45) is 11.8 Å². The van der Waals surface area contributed by atoms with Crippen LogP contribution < -0.4 is 0 Å². The van der Waals surface area contributed by atoms with Gasteiger partial charge in [-0.05, 0) is 50.4 Å². The van der Waals surface area contributed by atoms with Crippen molar-refractivity contribution < 1.29 is 24.5 Å². The van der Waals surface area contributed by atoms with Gasteiger partial charge in [0.2, 0.25) is 0 Å². The van der Waals surface area contributed by atoms with Gasteiger partial charge in [-0.2, -0.15) is 0 Å². The van der Waals surface area contributed by atoms with Gasteiger partial charge < -0.3 is 24.5 Å². The number of aliphatic hydroxyl groups is 2. The Morgan fingerprint density at radius 3 is 1.85 bits per heavy atom. The lowest BCUT2D eigenvalue weighted by atomic mass is 9.70. The topological polar surface area (TPSA) is 90.2 Å². The lowest BCUT2D eigenvalue weighted by Crippen LogP contribution is -2.42. The van der Waals surface area contributed by atoms with Crippen molar-refractivity contribution in [1.82, 2.24) is 0 Å². The molecular weight excluding hydrogens is 447 g/mol. The molecule has 5 nitrogen and oxygen atoms in total. The van der Waals surface area contributed by atoms with Crippen molar-refractivity contribution in [3.63, 3.8) is 0 Å². The summed E-state index contributed by atoms with van der Waals surface area (Å²) in [4.78, 5) is 19.6. The maximum Gasteiger partial charge on any atom is 0.327 e. The molecule has 0 amide bonds. The molecule has 6 heteroatoms. The Hall–Kier alpha value is 0.230. The molecule has 4 atom stereocenters. The summed E-state index contributed by atoms with van der Waals surface area (Å²) in [5.41, 5.74) is -0.502. The molecule has 0 heterocycles. The first-order valence-corrected chi connectivity index (χ1v) is 15.8. The molecule has 4 N–H and O–H groups in total. The van der Waals surface area contributed by atoms with Crippen molar-refractivity contribution >= 4 is 8.60 Å². The molecule has 0 saturated heterocycles. The van der Waals surface area contributed by atoms with E-state index in [-0.39, 0.29) is 11.8 Å². The van der Waals surface area contributed by atoms with E-state index in [1.54, 1.807) is 0 Å². The maximum atomic E-state index is 11.3. The van der Waals surface area contributed by atoms with E-state index in [0.717, 1.165) is 64.2 Å². The quantitative estimate of drug-likeness (QED) is 0.0946. The van der Waals surface area contributed by atoms with E-state index in [0.29, 0.717) is 6.42 Å². The molecule has 0 bridgehead atoms. The van der Waals surface area contributed by atoms with E-state index in [1.807, 2.05) is 0 Å². The van der Waals surface area contributed by atoms with Crippen LogP contribution in [0.3, 0.4) is 0 Å². The van der Waals surface area contributed by atoms with E-state index in [4.69, 9.17) is 4.52 Å². The van der Waals surface area contributed by atoms with Gasteiger partial charge in [-0.1, -0.05) is 111 Å². The molecule has 0 radical (unpaired) electrons. The number of hydrogen-bond acceptors (Lipinski definition) is 5. The fourth-order valence-corrected chi connectivity index (χ4v) is 6.68. The van der Waals surface area contributed by atoms with E-state index >= 15 is 0 Å². The Kier molecular flexibility index (Phi) is 18.4. The Morgan fingerprint density at radius 2 is 1.26 bits per heavy atom. The zero-order valence-corrected chi connectivity index (χ0v) is 23.5. The summed E-state index contributed by atoms with van der Waals surface area (Å²) in [5, 5.41) is 22.1. The highest BCUT2D eigenvalue weighted by Crippen LogP contribution is 2.47. The lowest BCUT2D eigenvalue weighted by molar-refractivity contribution is -0.0653. The molecule has 1 aliphatic rings. The van der Waals surface area contributed by atoms with Crippen molar-refractivity contribution in [3.8, 4) is 0 Å². The van der Waals surface area contributed by atoms with Gasteiger partial charge in [0.25, 0.3) is 0 Å². The van der Waals surface area contributed by atoms with Crippen LogP contribution in [0.5, 0.6) is 0 Å². The minimum absolute atomic E-state index is 0.0281. The van der Waals surface area contributed by atoms with Gasteiger partial charge in [0.15, 0.2) is 0 Å². The van der Waals surface area contributed by atoms with Crippen LogP contribution in [-0.4, -0.2) is 37.8 Å². The smallest absolute Gasteiger partial charge is 0.327 e. The SMILES string of the molecule is CCCCCCCCC(C(CCCCCC)CC1(OP(O)O)CCCCC1)C(O)C(O)CCC. The summed E-state index contributed by atoms with van der Waals surface area (Å²) in [6.07, 6.45) is 19.7. The first-order chi connectivity index (χ1) is 16.4. The van der Waals surface area contributed by atoms with Crippen molar-refractivity contribution in [3.05, 3.63) is 0 Å². The van der Waals surface area contributed by atoms with Gasteiger partial charge >= 0.3 is 8.60 Å². The highest BCUT2D eigenvalue weighted by atomic mass is 31.2. The average Bonchev–Trinajstić information content (AvgIpc) is 2.80. The Morgan fingerprint density at radius 1 is 0.706 bits per heavy atom. The summed E-state index contributed by atoms with van der Waals surface area (Å²) < 4.78 is 5.88. The molecule has 0 aliphatic heterocycles. The highest BCUT2D eigenvalue weighted by Gasteiger charge is 2.41. The van der Waals surface area contributed by atoms with Crippen LogP contribution in [0.25, 0.3) is 0 Å². The largest absolute Gasteiger partial charge is 0.390 e. The van der Waals surface area contributed by atoms with Gasteiger partial charge in [-0.3, -0.25) is 0 Å². The fraction of sp³-hybridized carbons (Fsp3) is 1.00. The monoisotopic (exact) mass is 504 g/mol. The minimum Gasteiger partial charge on any atom is -0.390 e. The minimum atomic E-state index is -2.41. The van der Waals surface area contributed by atoms with Gasteiger partial charge in [0.05, 0.1) is 17.8 Å².